The van der Waals surface area contributed by atoms with E-state index in [-0.39, 0.29) is 5.91 Å². The molecular weight excluding hydrogens is 430 g/mol. The topological polar surface area (TPSA) is 35.6 Å². The lowest BCUT2D eigenvalue weighted by atomic mass is 10.0. The Morgan fingerprint density at radius 1 is 0.514 bits per heavy atom. The van der Waals surface area contributed by atoms with Crippen molar-refractivity contribution in [2.45, 2.75) is 149 Å². The van der Waals surface area contributed by atoms with Gasteiger partial charge in [0.25, 0.3) is 0 Å². The predicted octanol–water partition coefficient (Wildman–Crippen LogP) is 8.44. The zero-order valence-corrected chi connectivity index (χ0v) is 25.3. The Morgan fingerprint density at radius 3 is 1.17 bits per heavy atom. The Labute approximate surface area is 222 Å². The number of hydrogen-bond acceptors (Lipinski definition) is 3. The first kappa shape index (κ1) is 36.5. The molecule has 0 bridgehead atoms. The molecule has 0 unspecified atom stereocenters. The second-order valence-electron chi connectivity index (χ2n) is 11.0. The fraction of sp³-hybridized carbons (Fsp3) is 0.968. The Kier molecular flexibility index (Phi) is 32.8. The van der Waals surface area contributed by atoms with Gasteiger partial charge in [-0.05, 0) is 54.1 Å². The van der Waals surface area contributed by atoms with Crippen molar-refractivity contribution in [3.05, 3.63) is 0 Å². The summed E-state index contributed by atoms with van der Waals surface area (Å²) in [6.45, 7) is 7.41. The van der Waals surface area contributed by atoms with Crippen LogP contribution in [0.15, 0.2) is 0 Å². The molecule has 0 aromatic carbocycles. The average Bonchev–Trinajstić information content (AvgIpc) is 2.83. The van der Waals surface area contributed by atoms with E-state index in [0.717, 1.165) is 32.5 Å². The SMILES string of the molecule is CCCCCCCCCCCCCCCCCCCCCC(=O)NCCCN(C)C.CCN(C)C. The summed E-state index contributed by atoms with van der Waals surface area (Å²) < 4.78 is 0. The van der Waals surface area contributed by atoms with Gasteiger partial charge >= 0.3 is 0 Å². The summed E-state index contributed by atoms with van der Waals surface area (Å²) in [6.07, 6.45) is 28.2. The minimum absolute atomic E-state index is 0.237. The average molecular weight is 498 g/mol. The van der Waals surface area contributed by atoms with Gasteiger partial charge in [0.2, 0.25) is 5.91 Å². The van der Waals surface area contributed by atoms with Crippen LogP contribution in [0.1, 0.15) is 149 Å². The standard InChI is InChI=1S/C27H56N2O.C4H11N/c1-4-5-6-7-8-9-10-11-12-13-14-15-16-17-18-19-20-21-22-24-27(30)28-25-23-26-29(2)3;1-4-5(2)3/h4-26H2,1-3H3,(H,28,30);4H2,1-3H3. The van der Waals surface area contributed by atoms with Crippen molar-refractivity contribution < 1.29 is 4.79 Å². The van der Waals surface area contributed by atoms with Crippen LogP contribution in [-0.2, 0) is 4.79 Å². The van der Waals surface area contributed by atoms with Gasteiger partial charge in [-0.3, -0.25) is 4.79 Å². The third kappa shape index (κ3) is 38.1. The number of amides is 1. The van der Waals surface area contributed by atoms with E-state index >= 15 is 0 Å². The smallest absolute Gasteiger partial charge is 0.219 e. The summed E-state index contributed by atoms with van der Waals surface area (Å²) in [5.41, 5.74) is 0. The Bertz CT molecular complexity index is 399. The van der Waals surface area contributed by atoms with Crippen LogP contribution < -0.4 is 5.32 Å². The summed E-state index contributed by atoms with van der Waals surface area (Å²) in [7, 11) is 8.25. The van der Waals surface area contributed by atoms with Gasteiger partial charge in [0.1, 0.15) is 0 Å². The van der Waals surface area contributed by atoms with Gasteiger partial charge < -0.3 is 15.1 Å². The van der Waals surface area contributed by atoms with Gasteiger partial charge in [0, 0.05) is 13.0 Å². The molecule has 1 N–H and O–H groups in total. The molecule has 0 spiro atoms. The molecule has 4 nitrogen and oxygen atoms in total. The fourth-order valence-electron chi connectivity index (χ4n) is 4.08. The van der Waals surface area contributed by atoms with Crippen molar-refractivity contribution in [2.24, 2.45) is 0 Å². The first-order valence-electron chi connectivity index (χ1n) is 15.5. The second kappa shape index (κ2) is 31.4. The molecule has 0 radical (unpaired) electrons. The number of carbonyl (C=O) groups is 1. The minimum atomic E-state index is 0.237. The highest BCUT2D eigenvalue weighted by Gasteiger charge is 2.01. The van der Waals surface area contributed by atoms with E-state index in [1.165, 1.54) is 116 Å². The maximum absolute atomic E-state index is 11.7. The maximum Gasteiger partial charge on any atom is 0.219 e. The van der Waals surface area contributed by atoms with E-state index < -0.39 is 0 Å². The number of hydrogen-bond donors (Lipinski definition) is 1. The molecule has 0 fully saturated rings. The lowest BCUT2D eigenvalue weighted by molar-refractivity contribution is -0.121. The lowest BCUT2D eigenvalue weighted by Gasteiger charge is -2.09. The molecule has 0 aromatic rings. The normalized spacial score (nSPS) is 11.1. The molecule has 0 aliphatic carbocycles. The number of rotatable bonds is 25. The van der Waals surface area contributed by atoms with Crippen molar-refractivity contribution >= 4 is 5.91 Å². The van der Waals surface area contributed by atoms with E-state index in [1.807, 2.05) is 0 Å². The molecule has 0 saturated heterocycles. The van der Waals surface area contributed by atoms with Crippen LogP contribution >= 0.6 is 0 Å². The highest BCUT2D eigenvalue weighted by molar-refractivity contribution is 5.75. The summed E-state index contributed by atoms with van der Waals surface area (Å²) in [4.78, 5) is 16.0. The second-order valence-corrected chi connectivity index (χ2v) is 11.0. The van der Waals surface area contributed by atoms with Crippen LogP contribution in [0.25, 0.3) is 0 Å². The Hall–Kier alpha value is -0.610. The zero-order chi connectivity index (χ0) is 26.4. The molecule has 0 rings (SSSR count). The first-order valence-corrected chi connectivity index (χ1v) is 15.5. The fourth-order valence-corrected chi connectivity index (χ4v) is 4.08. The summed E-state index contributed by atoms with van der Waals surface area (Å²) >= 11 is 0. The minimum Gasteiger partial charge on any atom is -0.356 e. The Morgan fingerprint density at radius 2 is 0.857 bits per heavy atom. The number of nitrogens with zero attached hydrogens (tertiary/aromatic N) is 2. The quantitative estimate of drug-likeness (QED) is 0.128. The summed E-state index contributed by atoms with van der Waals surface area (Å²) in [5.74, 6) is 0.237. The van der Waals surface area contributed by atoms with Gasteiger partial charge in [-0.15, -0.1) is 0 Å². The molecular formula is C31H67N3O. The van der Waals surface area contributed by atoms with Gasteiger partial charge in [0.05, 0.1) is 0 Å². The summed E-state index contributed by atoms with van der Waals surface area (Å²) in [6, 6.07) is 0. The number of unbranched alkanes of at least 4 members (excludes halogenated alkanes) is 18. The van der Waals surface area contributed by atoms with Crippen molar-refractivity contribution in [3.63, 3.8) is 0 Å². The molecule has 4 heteroatoms. The largest absolute Gasteiger partial charge is 0.356 e. The first-order chi connectivity index (χ1) is 16.9. The molecule has 0 saturated carbocycles. The van der Waals surface area contributed by atoms with Crippen molar-refractivity contribution in [1.29, 1.82) is 0 Å². The highest BCUT2D eigenvalue weighted by Crippen LogP contribution is 2.14. The van der Waals surface area contributed by atoms with E-state index in [2.05, 4.69) is 57.2 Å². The van der Waals surface area contributed by atoms with Crippen LogP contribution in [0.3, 0.4) is 0 Å². The monoisotopic (exact) mass is 498 g/mol. The number of nitrogens with one attached hydrogen (secondary N) is 1. The molecule has 0 atom stereocenters. The molecule has 35 heavy (non-hydrogen) atoms. The molecule has 1 amide bonds. The lowest BCUT2D eigenvalue weighted by Crippen LogP contribution is -2.26. The van der Waals surface area contributed by atoms with Crippen LogP contribution in [0.5, 0.6) is 0 Å². The summed E-state index contributed by atoms with van der Waals surface area (Å²) in [5, 5.41) is 3.03. The molecule has 0 heterocycles. The van der Waals surface area contributed by atoms with E-state index in [0.29, 0.717) is 6.42 Å². The molecule has 0 aromatic heterocycles. The van der Waals surface area contributed by atoms with Crippen molar-refractivity contribution in [3.8, 4) is 0 Å². The van der Waals surface area contributed by atoms with Gasteiger partial charge in [-0.2, -0.15) is 0 Å². The zero-order valence-electron chi connectivity index (χ0n) is 25.3. The third-order valence-electron chi connectivity index (χ3n) is 6.74. The van der Waals surface area contributed by atoms with Crippen LogP contribution in [0.4, 0.5) is 0 Å². The maximum atomic E-state index is 11.7. The van der Waals surface area contributed by atoms with Crippen LogP contribution in [0.2, 0.25) is 0 Å². The van der Waals surface area contributed by atoms with Gasteiger partial charge in [-0.25, -0.2) is 0 Å². The van der Waals surface area contributed by atoms with Gasteiger partial charge in [0.15, 0.2) is 0 Å². The van der Waals surface area contributed by atoms with Crippen molar-refractivity contribution in [2.75, 3.05) is 47.8 Å². The molecule has 0 aliphatic rings. The number of carbonyl (C=O) groups excluding carboxylic acids is 1. The molecule has 0 aliphatic heterocycles. The van der Waals surface area contributed by atoms with E-state index in [4.69, 9.17) is 0 Å². The third-order valence-corrected chi connectivity index (χ3v) is 6.74. The van der Waals surface area contributed by atoms with Gasteiger partial charge in [-0.1, -0.05) is 129 Å². The highest BCUT2D eigenvalue weighted by atomic mass is 16.1. The predicted molar refractivity (Wildman–Crippen MR) is 158 cm³/mol. The Balaban J connectivity index is 0. The molecule has 212 valence electrons. The van der Waals surface area contributed by atoms with E-state index in [1.54, 1.807) is 0 Å². The van der Waals surface area contributed by atoms with Crippen LogP contribution in [0, 0.1) is 0 Å². The van der Waals surface area contributed by atoms with E-state index in [9.17, 15) is 4.79 Å². The van der Waals surface area contributed by atoms with Crippen molar-refractivity contribution in [1.82, 2.24) is 15.1 Å². The van der Waals surface area contributed by atoms with Crippen LogP contribution in [-0.4, -0.2) is 63.5 Å².